The molecule has 0 saturated carbocycles. The minimum atomic E-state index is -0.271. The van der Waals surface area contributed by atoms with Crippen molar-refractivity contribution in [1.82, 2.24) is 14.8 Å². The van der Waals surface area contributed by atoms with E-state index in [0.717, 1.165) is 48.2 Å². The summed E-state index contributed by atoms with van der Waals surface area (Å²) in [5, 5.41) is 9.45. The van der Waals surface area contributed by atoms with Crippen molar-refractivity contribution in [3.63, 3.8) is 0 Å². The van der Waals surface area contributed by atoms with Gasteiger partial charge in [0.05, 0.1) is 12.6 Å². The summed E-state index contributed by atoms with van der Waals surface area (Å²) in [7, 11) is 0. The van der Waals surface area contributed by atoms with Gasteiger partial charge in [0.25, 0.3) is 0 Å². The number of nitrogens with zero attached hydrogens (tertiary/aromatic N) is 3. The van der Waals surface area contributed by atoms with E-state index >= 15 is 0 Å². The molecule has 0 radical (unpaired) electrons. The van der Waals surface area contributed by atoms with Gasteiger partial charge < -0.3 is 9.53 Å². The first-order valence-corrected chi connectivity index (χ1v) is 9.55. The lowest BCUT2D eigenvalue weighted by Crippen LogP contribution is -2.16. The molecule has 5 nitrogen and oxygen atoms in total. The van der Waals surface area contributed by atoms with Gasteiger partial charge in [0.1, 0.15) is 11.6 Å². The lowest BCUT2D eigenvalue weighted by atomic mass is 10.2. The van der Waals surface area contributed by atoms with Crippen molar-refractivity contribution in [1.29, 1.82) is 0 Å². The fourth-order valence-electron chi connectivity index (χ4n) is 2.85. The Labute approximate surface area is 151 Å². The van der Waals surface area contributed by atoms with E-state index in [9.17, 15) is 9.18 Å². The van der Waals surface area contributed by atoms with E-state index in [4.69, 9.17) is 4.74 Å². The van der Waals surface area contributed by atoms with E-state index < -0.39 is 0 Å². The zero-order valence-electron chi connectivity index (χ0n) is 14.3. The van der Waals surface area contributed by atoms with Crippen molar-refractivity contribution in [3.05, 3.63) is 30.1 Å². The molecule has 1 aromatic heterocycles. The van der Waals surface area contributed by atoms with Crippen LogP contribution in [-0.2, 0) is 16.1 Å². The summed E-state index contributed by atoms with van der Waals surface area (Å²) < 4.78 is 21.0. The summed E-state index contributed by atoms with van der Waals surface area (Å²) >= 11 is 1.60. The minimum absolute atomic E-state index is 0.159. The van der Waals surface area contributed by atoms with Crippen LogP contribution in [0.15, 0.2) is 29.4 Å². The van der Waals surface area contributed by atoms with Crippen LogP contribution in [-0.4, -0.2) is 39.0 Å². The molecule has 7 heteroatoms. The Morgan fingerprint density at radius 3 is 2.84 bits per heavy atom. The van der Waals surface area contributed by atoms with Crippen molar-refractivity contribution in [2.45, 2.75) is 50.4 Å². The van der Waals surface area contributed by atoms with Crippen LogP contribution in [0, 0.1) is 5.82 Å². The van der Waals surface area contributed by atoms with Gasteiger partial charge in [0.2, 0.25) is 0 Å². The number of benzene rings is 1. The van der Waals surface area contributed by atoms with E-state index in [1.54, 1.807) is 30.8 Å². The van der Waals surface area contributed by atoms with Crippen LogP contribution in [0.5, 0.6) is 0 Å². The van der Waals surface area contributed by atoms with Crippen LogP contribution >= 0.6 is 11.8 Å². The van der Waals surface area contributed by atoms with Gasteiger partial charge in [-0.2, -0.15) is 0 Å². The van der Waals surface area contributed by atoms with Crippen LogP contribution in [0.1, 0.15) is 32.6 Å². The molecule has 1 atom stereocenters. The van der Waals surface area contributed by atoms with Crippen molar-refractivity contribution in [2.24, 2.45) is 0 Å². The average Bonchev–Trinajstić information content (AvgIpc) is 3.23. The van der Waals surface area contributed by atoms with Crippen LogP contribution in [0.3, 0.4) is 0 Å². The molecule has 1 unspecified atom stereocenters. The minimum Gasteiger partial charge on any atom is -0.376 e. The van der Waals surface area contributed by atoms with Crippen molar-refractivity contribution in [2.75, 3.05) is 12.4 Å². The Balaban J connectivity index is 1.78. The standard InChI is InChI=1S/C18H22FN3O2S/c1-13(23)4-3-11-25-18-21-20-17(14-6-8-15(19)9-7-14)22(18)12-16-5-2-10-24-16/h6-9,16H,2-5,10-12H2,1H3. The second kappa shape index (κ2) is 8.58. The highest BCUT2D eigenvalue weighted by Crippen LogP contribution is 2.27. The normalized spacial score (nSPS) is 17.1. The van der Waals surface area contributed by atoms with Gasteiger partial charge in [-0.1, -0.05) is 11.8 Å². The quantitative estimate of drug-likeness (QED) is 0.528. The number of halogens is 1. The van der Waals surface area contributed by atoms with Crippen molar-refractivity contribution in [3.8, 4) is 11.4 Å². The molecule has 1 aliphatic rings. The molecule has 0 amide bonds. The van der Waals surface area contributed by atoms with E-state index in [-0.39, 0.29) is 17.7 Å². The number of carbonyl (C=O) groups is 1. The molecule has 1 aliphatic heterocycles. The fourth-order valence-corrected chi connectivity index (χ4v) is 3.74. The predicted molar refractivity (Wildman–Crippen MR) is 95.0 cm³/mol. The molecule has 1 aromatic carbocycles. The van der Waals surface area contributed by atoms with E-state index in [0.29, 0.717) is 13.0 Å². The maximum atomic E-state index is 13.2. The highest BCUT2D eigenvalue weighted by molar-refractivity contribution is 7.99. The number of Topliss-reactive ketones (excluding diaryl/α,β-unsaturated/α-hetero) is 1. The third-order valence-electron chi connectivity index (χ3n) is 4.13. The van der Waals surface area contributed by atoms with Crippen molar-refractivity contribution < 1.29 is 13.9 Å². The number of ketones is 1. The summed E-state index contributed by atoms with van der Waals surface area (Å²) in [6, 6.07) is 6.30. The predicted octanol–water partition coefficient (Wildman–Crippen LogP) is 3.72. The monoisotopic (exact) mass is 363 g/mol. The second-order valence-corrected chi connectivity index (χ2v) is 7.27. The molecule has 0 aliphatic carbocycles. The molecule has 1 fully saturated rings. The number of thioether (sulfide) groups is 1. The average molecular weight is 363 g/mol. The number of ether oxygens (including phenoxy) is 1. The van der Waals surface area contributed by atoms with Gasteiger partial charge in [-0.25, -0.2) is 4.39 Å². The Hall–Kier alpha value is -1.73. The van der Waals surface area contributed by atoms with Gasteiger partial charge in [-0.05, 0) is 50.5 Å². The molecule has 0 spiro atoms. The van der Waals surface area contributed by atoms with Gasteiger partial charge >= 0.3 is 0 Å². The Bertz CT molecular complexity index is 712. The molecule has 2 aromatic rings. The molecular weight excluding hydrogens is 341 g/mol. The van der Waals surface area contributed by atoms with E-state index in [2.05, 4.69) is 14.8 Å². The summed E-state index contributed by atoms with van der Waals surface area (Å²) in [5.74, 6) is 1.47. The first kappa shape index (κ1) is 18.1. The third kappa shape index (κ3) is 4.89. The number of aromatic nitrogens is 3. The largest absolute Gasteiger partial charge is 0.376 e. The van der Waals surface area contributed by atoms with E-state index in [1.165, 1.54) is 12.1 Å². The smallest absolute Gasteiger partial charge is 0.191 e. The van der Waals surface area contributed by atoms with Gasteiger partial charge in [0, 0.05) is 24.3 Å². The third-order valence-corrected chi connectivity index (χ3v) is 5.19. The van der Waals surface area contributed by atoms with Crippen LogP contribution < -0.4 is 0 Å². The number of carbonyl (C=O) groups excluding carboxylic acids is 1. The maximum Gasteiger partial charge on any atom is 0.191 e. The Kier molecular flexibility index (Phi) is 6.20. The molecule has 0 bridgehead atoms. The highest BCUT2D eigenvalue weighted by Gasteiger charge is 2.21. The fraction of sp³-hybridized carbons (Fsp3) is 0.500. The highest BCUT2D eigenvalue weighted by atomic mass is 32.2. The van der Waals surface area contributed by atoms with Gasteiger partial charge in [0.15, 0.2) is 11.0 Å². The summed E-state index contributed by atoms with van der Waals surface area (Å²) in [4.78, 5) is 11.1. The second-order valence-electron chi connectivity index (χ2n) is 6.21. The maximum absolute atomic E-state index is 13.2. The number of rotatable bonds is 8. The summed E-state index contributed by atoms with van der Waals surface area (Å²) in [6.45, 7) is 3.09. The zero-order valence-corrected chi connectivity index (χ0v) is 15.1. The van der Waals surface area contributed by atoms with Gasteiger partial charge in [-0.3, -0.25) is 4.57 Å². The summed E-state index contributed by atoms with van der Waals surface area (Å²) in [6.07, 6.45) is 3.65. The van der Waals surface area contributed by atoms with Crippen LogP contribution in [0.2, 0.25) is 0 Å². The van der Waals surface area contributed by atoms with E-state index in [1.807, 2.05) is 0 Å². The first-order valence-electron chi connectivity index (χ1n) is 8.56. The molecular formula is C18H22FN3O2S. The Morgan fingerprint density at radius 1 is 1.36 bits per heavy atom. The topological polar surface area (TPSA) is 57.0 Å². The lowest BCUT2D eigenvalue weighted by molar-refractivity contribution is -0.117. The summed E-state index contributed by atoms with van der Waals surface area (Å²) in [5.41, 5.74) is 0.836. The van der Waals surface area contributed by atoms with Crippen molar-refractivity contribution >= 4 is 17.5 Å². The molecule has 3 rings (SSSR count). The number of hydrogen-bond donors (Lipinski definition) is 0. The molecule has 1 saturated heterocycles. The molecule has 134 valence electrons. The van der Waals surface area contributed by atoms with Crippen LogP contribution in [0.25, 0.3) is 11.4 Å². The molecule has 0 N–H and O–H groups in total. The van der Waals surface area contributed by atoms with Crippen LogP contribution in [0.4, 0.5) is 4.39 Å². The zero-order chi connectivity index (χ0) is 17.6. The molecule has 2 heterocycles. The first-order chi connectivity index (χ1) is 12.1. The molecule has 25 heavy (non-hydrogen) atoms. The number of hydrogen-bond acceptors (Lipinski definition) is 5. The van der Waals surface area contributed by atoms with Gasteiger partial charge in [-0.15, -0.1) is 10.2 Å². The Morgan fingerprint density at radius 2 is 2.16 bits per heavy atom. The lowest BCUT2D eigenvalue weighted by Gasteiger charge is -2.14. The SMILES string of the molecule is CC(=O)CCCSc1nnc(-c2ccc(F)cc2)n1CC1CCCO1.